The summed E-state index contributed by atoms with van der Waals surface area (Å²) in [4.78, 5) is 10.6. The molecule has 0 atom stereocenters. The molecule has 0 saturated heterocycles. The largest absolute Gasteiger partial charge is 0.475 e. The van der Waals surface area contributed by atoms with Crippen molar-refractivity contribution in [2.45, 2.75) is 13.8 Å². The monoisotopic (exact) mass is 261 g/mol. The van der Waals surface area contributed by atoms with Gasteiger partial charge in [-0.3, -0.25) is 0 Å². The molecule has 0 unspecified atom stereocenters. The van der Waals surface area contributed by atoms with Crippen LogP contribution < -0.4 is 5.32 Å². The lowest BCUT2D eigenvalue weighted by molar-refractivity contribution is 0.0663. The van der Waals surface area contributed by atoms with Crippen molar-refractivity contribution < 1.29 is 14.3 Å². The molecule has 5 heteroatoms. The van der Waals surface area contributed by atoms with E-state index < -0.39 is 5.97 Å². The Labute approximate surface area is 90.4 Å². The molecule has 0 amide bonds. The molecule has 0 fully saturated rings. The molecule has 1 rings (SSSR count). The van der Waals surface area contributed by atoms with Gasteiger partial charge in [-0.2, -0.15) is 0 Å². The maximum Gasteiger partial charge on any atom is 0.371 e. The first-order chi connectivity index (χ1) is 6.50. The molecule has 0 spiro atoms. The van der Waals surface area contributed by atoms with Gasteiger partial charge in [0.05, 0.1) is 4.47 Å². The Morgan fingerprint density at radius 2 is 2.36 bits per heavy atom. The number of aromatic carboxylic acids is 1. The van der Waals surface area contributed by atoms with Crippen molar-refractivity contribution in [2.24, 2.45) is 5.92 Å². The lowest BCUT2D eigenvalue weighted by atomic mass is 10.2. The third-order valence-corrected chi connectivity index (χ3v) is 2.16. The number of anilines is 1. The molecule has 0 aliphatic heterocycles. The van der Waals surface area contributed by atoms with Gasteiger partial charge in [0.2, 0.25) is 11.6 Å². The van der Waals surface area contributed by atoms with E-state index in [9.17, 15) is 4.79 Å². The molecule has 0 aromatic carbocycles. The maximum absolute atomic E-state index is 10.6. The van der Waals surface area contributed by atoms with Crippen molar-refractivity contribution in [2.75, 3.05) is 11.9 Å². The molecule has 0 aliphatic carbocycles. The minimum atomic E-state index is -1.07. The third-order valence-electron chi connectivity index (χ3n) is 1.57. The summed E-state index contributed by atoms with van der Waals surface area (Å²) in [6.45, 7) is 4.86. The van der Waals surface area contributed by atoms with Gasteiger partial charge >= 0.3 is 5.97 Å². The van der Waals surface area contributed by atoms with Gasteiger partial charge in [0.15, 0.2) is 0 Å². The first-order valence-corrected chi connectivity index (χ1v) is 5.06. The highest BCUT2D eigenvalue weighted by Gasteiger charge is 2.13. The predicted molar refractivity (Wildman–Crippen MR) is 56.7 cm³/mol. The zero-order valence-electron chi connectivity index (χ0n) is 8.00. The van der Waals surface area contributed by atoms with Gasteiger partial charge in [-0.1, -0.05) is 13.8 Å². The molecule has 1 aromatic rings. The fraction of sp³-hybridized carbons (Fsp3) is 0.444. The summed E-state index contributed by atoms with van der Waals surface area (Å²) in [5, 5.41) is 11.7. The van der Waals surface area contributed by atoms with Crippen molar-refractivity contribution in [3.05, 3.63) is 16.3 Å². The molecule has 0 saturated carbocycles. The summed E-state index contributed by atoms with van der Waals surface area (Å²) in [7, 11) is 0. The summed E-state index contributed by atoms with van der Waals surface area (Å²) in [6.07, 6.45) is 0. The molecular weight excluding hydrogens is 250 g/mol. The van der Waals surface area contributed by atoms with Gasteiger partial charge in [-0.15, -0.1) is 0 Å². The molecule has 4 nitrogen and oxygen atoms in total. The lowest BCUT2D eigenvalue weighted by Crippen LogP contribution is -2.07. The molecule has 1 heterocycles. The van der Waals surface area contributed by atoms with Crippen molar-refractivity contribution >= 4 is 27.8 Å². The number of furan rings is 1. The second-order valence-electron chi connectivity index (χ2n) is 3.37. The normalized spacial score (nSPS) is 10.6. The molecule has 0 aliphatic rings. The van der Waals surface area contributed by atoms with E-state index in [4.69, 9.17) is 9.52 Å². The number of hydrogen-bond acceptors (Lipinski definition) is 3. The Balaban J connectivity index is 2.72. The van der Waals surface area contributed by atoms with E-state index in [0.717, 1.165) is 6.54 Å². The highest BCUT2D eigenvalue weighted by molar-refractivity contribution is 9.10. The topological polar surface area (TPSA) is 62.5 Å². The second-order valence-corrected chi connectivity index (χ2v) is 4.22. The molecular formula is C9H12BrNO3. The number of hydrogen-bond donors (Lipinski definition) is 2. The van der Waals surface area contributed by atoms with Crippen LogP contribution in [0.2, 0.25) is 0 Å². The van der Waals surface area contributed by atoms with Gasteiger partial charge in [-0.05, 0) is 21.8 Å². The minimum absolute atomic E-state index is 0.0665. The van der Waals surface area contributed by atoms with Gasteiger partial charge < -0.3 is 14.8 Å². The fourth-order valence-electron chi connectivity index (χ4n) is 0.892. The van der Waals surface area contributed by atoms with Crippen molar-refractivity contribution in [3.8, 4) is 0 Å². The van der Waals surface area contributed by atoms with Crippen molar-refractivity contribution in [3.63, 3.8) is 0 Å². The number of halogens is 1. The Hall–Kier alpha value is -0.970. The lowest BCUT2D eigenvalue weighted by Gasteiger charge is -2.05. The fourth-order valence-corrected chi connectivity index (χ4v) is 1.32. The summed E-state index contributed by atoms with van der Waals surface area (Å²) in [5.41, 5.74) is 0. The van der Waals surface area contributed by atoms with Crippen LogP contribution in [0.3, 0.4) is 0 Å². The number of nitrogens with one attached hydrogen (secondary N) is 1. The van der Waals surface area contributed by atoms with Gasteiger partial charge in [0.1, 0.15) is 0 Å². The first kappa shape index (κ1) is 11.1. The van der Waals surface area contributed by atoms with E-state index in [1.165, 1.54) is 6.07 Å². The summed E-state index contributed by atoms with van der Waals surface area (Å²) < 4.78 is 5.70. The second kappa shape index (κ2) is 4.50. The van der Waals surface area contributed by atoms with E-state index in [1.54, 1.807) is 0 Å². The Kier molecular flexibility index (Phi) is 3.57. The van der Waals surface area contributed by atoms with Crippen LogP contribution >= 0.6 is 15.9 Å². The van der Waals surface area contributed by atoms with Crippen LogP contribution in [0.15, 0.2) is 15.0 Å². The Morgan fingerprint density at radius 3 is 2.79 bits per heavy atom. The van der Waals surface area contributed by atoms with Crippen LogP contribution in [0.1, 0.15) is 24.4 Å². The van der Waals surface area contributed by atoms with Gasteiger partial charge in [0, 0.05) is 12.6 Å². The van der Waals surface area contributed by atoms with E-state index in [2.05, 4.69) is 35.1 Å². The van der Waals surface area contributed by atoms with Crippen molar-refractivity contribution in [1.82, 2.24) is 0 Å². The molecule has 0 radical (unpaired) electrons. The average molecular weight is 262 g/mol. The van der Waals surface area contributed by atoms with Crippen LogP contribution in [0.25, 0.3) is 0 Å². The van der Waals surface area contributed by atoms with Crippen LogP contribution in [0.5, 0.6) is 0 Å². The first-order valence-electron chi connectivity index (χ1n) is 4.27. The predicted octanol–water partition coefficient (Wildman–Crippen LogP) is 2.81. The van der Waals surface area contributed by atoms with Crippen LogP contribution in [0.4, 0.5) is 5.88 Å². The summed E-state index contributed by atoms with van der Waals surface area (Å²) in [5.74, 6) is -0.192. The van der Waals surface area contributed by atoms with Gasteiger partial charge in [0.25, 0.3) is 0 Å². The molecule has 2 N–H and O–H groups in total. The van der Waals surface area contributed by atoms with Crippen LogP contribution in [-0.2, 0) is 0 Å². The van der Waals surface area contributed by atoms with Crippen molar-refractivity contribution in [1.29, 1.82) is 0 Å². The number of carboxylic acids is 1. The number of rotatable bonds is 4. The zero-order chi connectivity index (χ0) is 10.7. The molecule has 14 heavy (non-hydrogen) atoms. The highest BCUT2D eigenvalue weighted by Crippen LogP contribution is 2.26. The number of carbonyl (C=O) groups is 1. The smallest absolute Gasteiger partial charge is 0.371 e. The molecule has 0 bridgehead atoms. The van der Waals surface area contributed by atoms with E-state index >= 15 is 0 Å². The molecule has 1 aromatic heterocycles. The standard InChI is InChI=1S/C9H12BrNO3/c1-5(2)4-11-8-6(10)3-7(14-8)9(12)13/h3,5,11H,4H2,1-2H3,(H,12,13). The Morgan fingerprint density at radius 1 is 1.71 bits per heavy atom. The summed E-state index contributed by atoms with van der Waals surface area (Å²) in [6, 6.07) is 1.44. The quantitative estimate of drug-likeness (QED) is 0.875. The average Bonchev–Trinajstić information content (AvgIpc) is 2.43. The van der Waals surface area contributed by atoms with E-state index in [0.29, 0.717) is 16.3 Å². The van der Waals surface area contributed by atoms with Gasteiger partial charge in [-0.25, -0.2) is 4.79 Å². The highest BCUT2D eigenvalue weighted by atomic mass is 79.9. The SMILES string of the molecule is CC(C)CNc1oc(C(=O)O)cc1Br. The van der Waals surface area contributed by atoms with Crippen LogP contribution in [-0.4, -0.2) is 17.6 Å². The summed E-state index contributed by atoms with van der Waals surface area (Å²) >= 11 is 3.22. The van der Waals surface area contributed by atoms with E-state index in [-0.39, 0.29) is 5.76 Å². The minimum Gasteiger partial charge on any atom is -0.475 e. The third kappa shape index (κ3) is 2.77. The van der Waals surface area contributed by atoms with Crippen LogP contribution in [0, 0.1) is 5.92 Å². The molecule has 78 valence electrons. The Bertz CT molecular complexity index is 333. The number of carboxylic acid groups (broad SMARTS) is 1. The maximum atomic E-state index is 10.6. The zero-order valence-corrected chi connectivity index (χ0v) is 9.59. The van der Waals surface area contributed by atoms with E-state index in [1.807, 2.05) is 0 Å².